The van der Waals surface area contributed by atoms with Gasteiger partial charge in [-0.2, -0.15) is 15.3 Å². The van der Waals surface area contributed by atoms with Crippen LogP contribution in [0, 0.1) is 18.3 Å². The van der Waals surface area contributed by atoms with Crippen LogP contribution in [0.2, 0.25) is 5.02 Å². The van der Waals surface area contributed by atoms with Gasteiger partial charge in [-0.25, -0.2) is 9.78 Å². The molecule has 212 valence electrons. The number of nitrogens with zero attached hydrogens (tertiary/aromatic N) is 6. The topological polar surface area (TPSA) is 137 Å². The number of aromatic amines is 1. The lowest BCUT2D eigenvalue weighted by Gasteiger charge is -2.42. The third kappa shape index (κ3) is 5.45. The molecule has 1 aromatic carbocycles. The van der Waals surface area contributed by atoms with E-state index in [2.05, 4.69) is 26.2 Å². The van der Waals surface area contributed by atoms with Crippen molar-refractivity contribution < 1.29 is 18.5 Å². The van der Waals surface area contributed by atoms with Crippen LogP contribution in [0.1, 0.15) is 56.4 Å². The number of nitrogens with one attached hydrogen (secondary N) is 1. The molecule has 1 fully saturated rings. The van der Waals surface area contributed by atoms with Crippen molar-refractivity contribution in [2.75, 3.05) is 30.8 Å². The molecular weight excluding hydrogens is 554 g/mol. The van der Waals surface area contributed by atoms with Crippen molar-refractivity contribution >= 4 is 45.2 Å². The van der Waals surface area contributed by atoms with E-state index >= 15 is 0 Å². The maximum absolute atomic E-state index is 12.9. The second-order valence-electron chi connectivity index (χ2n) is 11.1. The lowest BCUT2D eigenvalue weighted by molar-refractivity contribution is 0.0144. The molecule has 2 aliphatic rings. The molecule has 2 aliphatic heterocycles. The molecule has 13 heteroatoms. The number of fused-ring (bicyclic) bond motifs is 2. The summed E-state index contributed by atoms with van der Waals surface area (Å²) in [5, 5.41) is 18.4. The van der Waals surface area contributed by atoms with Gasteiger partial charge in [0.15, 0.2) is 0 Å². The van der Waals surface area contributed by atoms with Crippen LogP contribution in [0.3, 0.4) is 0 Å². The second kappa shape index (κ2) is 10.9. The Morgan fingerprint density at radius 2 is 2.12 bits per heavy atom. The predicted molar refractivity (Wildman–Crippen MR) is 151 cm³/mol. The van der Waals surface area contributed by atoms with Crippen molar-refractivity contribution in [3.63, 3.8) is 0 Å². The van der Waals surface area contributed by atoms with Gasteiger partial charge in [-0.15, -0.1) is 0 Å². The Balaban J connectivity index is 1.48. The molecule has 2 aromatic heterocycles. The fraction of sp³-hybridized carbons (Fsp3) is 0.519. The quantitative estimate of drug-likeness (QED) is 0.440. The molecule has 0 bridgehead atoms. The van der Waals surface area contributed by atoms with Crippen LogP contribution < -0.4 is 9.64 Å². The van der Waals surface area contributed by atoms with Crippen molar-refractivity contribution in [1.29, 1.82) is 5.26 Å². The van der Waals surface area contributed by atoms with Crippen molar-refractivity contribution in [2.24, 2.45) is 0 Å². The minimum atomic E-state index is -1.47. The summed E-state index contributed by atoms with van der Waals surface area (Å²) in [4.78, 5) is 25.7. The standard InChI is InChI=1S/C27H32ClN7O4S/c1-15-12-19-18(13-30-33-19)21(22(15)28)20-7-6-17-23(31-25(40(5)37)32-24(17)38-20)34-10-11-35(16(14-34)8-9-29)26(36)39-27(2,3)4/h12-13,16,20H,6-8,10-11,14H2,1-5H3,(H,30,33)/t16-,20?,40?/m0/s1. The van der Waals surface area contributed by atoms with Gasteiger partial charge in [0.25, 0.3) is 0 Å². The molecule has 0 spiro atoms. The first-order valence-corrected chi connectivity index (χ1v) is 15.0. The van der Waals surface area contributed by atoms with Gasteiger partial charge < -0.3 is 19.3 Å². The van der Waals surface area contributed by atoms with Crippen LogP contribution in [0.4, 0.5) is 10.6 Å². The number of aryl methyl sites for hydroxylation is 1. The number of aromatic nitrogens is 4. The van der Waals surface area contributed by atoms with E-state index in [0.29, 0.717) is 49.2 Å². The van der Waals surface area contributed by atoms with E-state index in [4.69, 9.17) is 21.1 Å². The van der Waals surface area contributed by atoms with Crippen molar-refractivity contribution in [1.82, 2.24) is 25.1 Å². The average Bonchev–Trinajstić information content (AvgIpc) is 3.35. The van der Waals surface area contributed by atoms with Crippen LogP contribution in [0.25, 0.3) is 10.9 Å². The van der Waals surface area contributed by atoms with Crippen LogP contribution in [0.5, 0.6) is 5.88 Å². The number of carbonyl (C=O) groups is 1. The molecule has 3 atom stereocenters. The molecule has 0 saturated carbocycles. The number of benzene rings is 1. The van der Waals surface area contributed by atoms with E-state index in [0.717, 1.165) is 27.6 Å². The monoisotopic (exact) mass is 585 g/mol. The van der Waals surface area contributed by atoms with E-state index in [-0.39, 0.29) is 17.7 Å². The van der Waals surface area contributed by atoms with Gasteiger partial charge in [-0.1, -0.05) is 11.6 Å². The minimum absolute atomic E-state index is 0.140. The van der Waals surface area contributed by atoms with Gasteiger partial charge in [0, 0.05) is 36.8 Å². The smallest absolute Gasteiger partial charge is 0.410 e. The molecule has 40 heavy (non-hydrogen) atoms. The Morgan fingerprint density at radius 1 is 1.35 bits per heavy atom. The number of rotatable bonds is 4. The van der Waals surface area contributed by atoms with Crippen LogP contribution in [0.15, 0.2) is 17.4 Å². The highest BCUT2D eigenvalue weighted by Crippen LogP contribution is 2.43. The summed E-state index contributed by atoms with van der Waals surface area (Å²) in [6.07, 6.45) is 3.81. The summed E-state index contributed by atoms with van der Waals surface area (Å²) in [5.41, 5.74) is 2.78. The SMILES string of the molecule is Cc1cc2[nH]ncc2c(C2CCc3c(nc(S(C)=O)nc3N3CCN(C(=O)OC(C)(C)C)[C@@H](CC#N)C3)O2)c1Cl. The second-order valence-corrected chi connectivity index (χ2v) is 12.8. The zero-order valence-corrected chi connectivity index (χ0v) is 24.7. The largest absolute Gasteiger partial charge is 0.469 e. The zero-order chi connectivity index (χ0) is 28.8. The maximum atomic E-state index is 12.9. The zero-order valence-electron chi connectivity index (χ0n) is 23.2. The number of H-pyrrole nitrogens is 1. The number of anilines is 1. The predicted octanol–water partition coefficient (Wildman–Crippen LogP) is 4.46. The number of carbonyl (C=O) groups excluding carboxylic acids is 1. The third-order valence-electron chi connectivity index (χ3n) is 7.06. The number of ether oxygens (including phenoxy) is 2. The lowest BCUT2D eigenvalue weighted by Crippen LogP contribution is -2.56. The van der Waals surface area contributed by atoms with Crippen molar-refractivity contribution in [3.05, 3.63) is 34.0 Å². The first kappa shape index (κ1) is 28.1. The normalized spacial score (nSPS) is 20.0. The molecule has 5 rings (SSSR count). The summed E-state index contributed by atoms with van der Waals surface area (Å²) in [7, 11) is -1.47. The van der Waals surface area contributed by atoms with Crippen molar-refractivity contribution in [2.45, 2.75) is 69.9 Å². The molecule has 4 heterocycles. The Kier molecular flexibility index (Phi) is 7.63. The Bertz CT molecular complexity index is 1530. The van der Waals surface area contributed by atoms with Gasteiger partial charge in [0.1, 0.15) is 17.5 Å². The fourth-order valence-corrected chi connectivity index (χ4v) is 5.95. The maximum Gasteiger partial charge on any atom is 0.410 e. The number of hydrogen-bond donors (Lipinski definition) is 1. The highest BCUT2D eigenvalue weighted by Gasteiger charge is 2.37. The van der Waals surface area contributed by atoms with Crippen molar-refractivity contribution in [3.8, 4) is 11.9 Å². The van der Waals surface area contributed by atoms with Gasteiger partial charge in [0.05, 0.1) is 51.6 Å². The number of halogens is 1. The molecular formula is C27H32ClN7O4S. The summed E-state index contributed by atoms with van der Waals surface area (Å²) in [5.74, 6) is 0.983. The number of amides is 1. The minimum Gasteiger partial charge on any atom is -0.469 e. The molecule has 3 aromatic rings. The summed E-state index contributed by atoms with van der Waals surface area (Å²) in [6, 6.07) is 3.75. The Labute approximate surface area is 240 Å². The number of hydrogen-bond acceptors (Lipinski definition) is 9. The Morgan fingerprint density at radius 3 is 2.83 bits per heavy atom. The first-order valence-electron chi connectivity index (χ1n) is 13.1. The highest BCUT2D eigenvalue weighted by molar-refractivity contribution is 7.84. The van der Waals surface area contributed by atoms with E-state index in [1.807, 2.05) is 38.7 Å². The number of piperazine rings is 1. The van der Waals surface area contributed by atoms with Crippen LogP contribution in [-0.4, -0.2) is 72.9 Å². The van der Waals surface area contributed by atoms with Gasteiger partial charge >= 0.3 is 6.09 Å². The molecule has 11 nitrogen and oxygen atoms in total. The van der Waals surface area contributed by atoms with E-state index in [1.54, 1.807) is 11.1 Å². The molecule has 1 amide bonds. The van der Waals surface area contributed by atoms with Crippen LogP contribution >= 0.6 is 11.6 Å². The van der Waals surface area contributed by atoms with E-state index in [9.17, 15) is 14.3 Å². The summed E-state index contributed by atoms with van der Waals surface area (Å²) < 4.78 is 24.6. The molecule has 2 unspecified atom stereocenters. The van der Waals surface area contributed by atoms with Gasteiger partial charge in [-0.3, -0.25) is 9.31 Å². The number of nitriles is 1. The van der Waals surface area contributed by atoms with Gasteiger partial charge in [0.2, 0.25) is 11.0 Å². The molecule has 1 N–H and O–H groups in total. The fourth-order valence-electron chi connectivity index (χ4n) is 5.25. The Hall–Kier alpha value is -3.43. The van der Waals surface area contributed by atoms with E-state index < -0.39 is 28.5 Å². The third-order valence-corrected chi connectivity index (χ3v) is 8.25. The van der Waals surface area contributed by atoms with E-state index in [1.165, 1.54) is 6.26 Å². The molecule has 1 saturated heterocycles. The lowest BCUT2D eigenvalue weighted by atomic mass is 9.95. The summed E-state index contributed by atoms with van der Waals surface area (Å²) in [6.45, 7) is 8.57. The highest BCUT2D eigenvalue weighted by atomic mass is 35.5. The first-order chi connectivity index (χ1) is 19.0. The average molecular weight is 586 g/mol. The van der Waals surface area contributed by atoms with Gasteiger partial charge in [-0.05, 0) is 52.2 Å². The molecule has 0 radical (unpaired) electrons. The molecule has 0 aliphatic carbocycles. The summed E-state index contributed by atoms with van der Waals surface area (Å²) >= 11 is 6.77. The van der Waals surface area contributed by atoms with Crippen LogP contribution in [-0.2, 0) is 22.0 Å².